The van der Waals surface area contributed by atoms with Crippen molar-refractivity contribution in [3.05, 3.63) is 24.3 Å². The normalized spacial score (nSPS) is 19.2. The summed E-state index contributed by atoms with van der Waals surface area (Å²) in [6.45, 7) is 0. The number of hydrogen-bond acceptors (Lipinski definition) is 0. The Morgan fingerprint density at radius 3 is 1.08 bits per heavy atom. The average Bonchev–Trinajstić information content (AvgIpc) is 2.00. The first kappa shape index (κ1) is 15.5. The van der Waals surface area contributed by atoms with E-state index >= 15 is 0 Å². The van der Waals surface area contributed by atoms with Crippen LogP contribution in [0, 0.1) is 0 Å². The van der Waals surface area contributed by atoms with Gasteiger partial charge in [-0.3, -0.25) is 0 Å². The molecule has 1 aliphatic rings. The van der Waals surface area contributed by atoms with E-state index < -0.39 is 7.81 Å². The van der Waals surface area contributed by atoms with Gasteiger partial charge < -0.3 is 0 Å². The molecule has 0 nitrogen and oxygen atoms in total. The van der Waals surface area contributed by atoms with E-state index in [1.165, 1.54) is 0 Å². The van der Waals surface area contributed by atoms with E-state index in [1.807, 2.05) is 0 Å². The molecule has 1 aliphatic carbocycles. The Kier molecular flexibility index (Phi) is 4.33. The predicted octanol–water partition coefficient (Wildman–Crippen LogP) is 4.88. The first-order chi connectivity index (χ1) is 4.95. The zero-order valence-electron chi connectivity index (χ0n) is 6.09. The second-order valence-corrected chi connectivity index (χ2v) is 3.97. The van der Waals surface area contributed by atoms with Crippen LogP contribution in [0.4, 0.5) is 25.2 Å². The smallest absolute Gasteiger partial charge is 0 e. The first-order valence-corrected chi connectivity index (χ1v) is 4.86. The Bertz CT molecular complexity index is 189. The Morgan fingerprint density at radius 2 is 1.00 bits per heavy atom. The molecule has 0 saturated carbocycles. The maximum absolute atomic E-state index is 10.7. The quantitative estimate of drug-likeness (QED) is 0.333. The van der Waals surface area contributed by atoms with Gasteiger partial charge >= 0.3 is 33.0 Å². The molecule has 0 aliphatic heterocycles. The van der Waals surface area contributed by atoms with Crippen molar-refractivity contribution in [2.24, 2.45) is 0 Å². The van der Waals surface area contributed by atoms with E-state index in [4.69, 9.17) is 0 Å². The van der Waals surface area contributed by atoms with E-state index in [1.54, 1.807) is 0 Å². The molecule has 0 aromatic carbocycles. The van der Waals surface area contributed by atoms with Gasteiger partial charge in [0.1, 0.15) is 0 Å². The molecule has 0 saturated heterocycles. The van der Waals surface area contributed by atoms with Gasteiger partial charge in [0.05, 0.1) is 0 Å². The fourth-order valence-corrected chi connectivity index (χ4v) is 0.393. The molecule has 1 rings (SSSR count). The zero-order chi connectivity index (χ0) is 9.94. The molecule has 0 spiro atoms. The minimum atomic E-state index is -10.7. The summed E-state index contributed by atoms with van der Waals surface area (Å²) in [5.41, 5.74) is 0. The van der Waals surface area contributed by atoms with Crippen molar-refractivity contribution in [1.82, 2.24) is 0 Å². The van der Waals surface area contributed by atoms with E-state index in [0.29, 0.717) is 0 Å². The summed E-state index contributed by atoms with van der Waals surface area (Å²) in [5, 5.41) is 0. The molecule has 0 heterocycles. The Morgan fingerprint density at radius 1 is 0.769 bits per heavy atom. The van der Waals surface area contributed by atoms with Gasteiger partial charge in [0.15, 0.2) is 0 Å². The fourth-order valence-electron chi connectivity index (χ4n) is 0.393. The van der Waals surface area contributed by atoms with Crippen LogP contribution >= 0.6 is 7.81 Å². The second kappa shape index (κ2) is 3.64. The van der Waals surface area contributed by atoms with E-state index in [-0.39, 0.29) is 17.1 Å². The Hall–Kier alpha value is 0.00948. The summed E-state index contributed by atoms with van der Waals surface area (Å²) in [4.78, 5) is 0. The van der Waals surface area contributed by atoms with Gasteiger partial charge in [-0.2, -0.15) is 0 Å². The summed E-state index contributed by atoms with van der Waals surface area (Å²) in [6.07, 6.45) is 9.50. The summed E-state index contributed by atoms with van der Waals surface area (Å²) in [6, 6.07) is 0. The molecule has 0 unspecified atom stereocenters. The third kappa shape index (κ3) is 47.9. The van der Waals surface area contributed by atoms with Crippen LogP contribution in [0.1, 0.15) is 6.42 Å². The largest absolute Gasteiger partial charge is 0 e. The topological polar surface area (TPSA) is 0 Å². The van der Waals surface area contributed by atoms with Crippen LogP contribution in [0.25, 0.3) is 0 Å². The van der Waals surface area contributed by atoms with Crippen molar-refractivity contribution in [2.75, 3.05) is 0 Å². The number of allylic oxidation sites excluding steroid dienone is 4. The predicted molar refractivity (Wildman–Crippen MR) is 36.5 cm³/mol. The number of halogens is 6. The molecular weight excluding hydrogens is 261 g/mol. The van der Waals surface area contributed by atoms with Gasteiger partial charge in [0, 0.05) is 17.1 Å². The third-order valence-corrected chi connectivity index (χ3v) is 0.655. The summed E-state index contributed by atoms with van der Waals surface area (Å²) < 4.78 is 59.2. The summed E-state index contributed by atoms with van der Waals surface area (Å²) >= 11 is 0. The van der Waals surface area contributed by atoms with E-state index in [9.17, 15) is 25.2 Å². The standard InChI is InChI=1S/C5H6.F6P.Fe/c1-2-4-5-3-1;1-7(2,3,4,5)6;/h1-4H,5H2;;/q;-1;. The van der Waals surface area contributed by atoms with Gasteiger partial charge in [-0.05, 0) is 6.42 Å². The minimum absolute atomic E-state index is 0. The Labute approximate surface area is 81.4 Å². The molecule has 0 N–H and O–H groups in total. The van der Waals surface area contributed by atoms with Crippen molar-refractivity contribution in [3.63, 3.8) is 0 Å². The van der Waals surface area contributed by atoms with Crippen LogP contribution in [-0.4, -0.2) is 0 Å². The molecule has 8 heteroatoms. The van der Waals surface area contributed by atoms with Crippen molar-refractivity contribution in [2.45, 2.75) is 6.42 Å². The monoisotopic (exact) mass is 267 g/mol. The van der Waals surface area contributed by atoms with Gasteiger partial charge in [-0.15, -0.1) is 0 Å². The SMILES string of the molecule is C1=CCC=C1.F[P-](F)(F)(F)(F)F.[Fe]. The third-order valence-electron chi connectivity index (χ3n) is 0.655. The van der Waals surface area contributed by atoms with Crippen LogP contribution in [0.3, 0.4) is 0 Å². The molecule has 0 aromatic heterocycles. The molecule has 0 atom stereocenters. The van der Waals surface area contributed by atoms with Crippen LogP contribution in [0.15, 0.2) is 24.3 Å². The molecule has 0 amide bonds. The fraction of sp³-hybridized carbons (Fsp3) is 0.200. The van der Waals surface area contributed by atoms with Crippen molar-refractivity contribution >= 4 is 7.81 Å². The molecular formula is C5H6F6FeP-. The van der Waals surface area contributed by atoms with Crippen molar-refractivity contribution in [3.8, 4) is 0 Å². The van der Waals surface area contributed by atoms with Crippen LogP contribution in [0.2, 0.25) is 0 Å². The summed E-state index contributed by atoms with van der Waals surface area (Å²) in [7, 11) is -10.7. The molecule has 0 fully saturated rings. The number of hydrogen-bond donors (Lipinski definition) is 0. The van der Waals surface area contributed by atoms with E-state index in [2.05, 4.69) is 24.3 Å². The molecule has 0 radical (unpaired) electrons. The maximum Gasteiger partial charge on any atom is 0 e. The molecule has 13 heavy (non-hydrogen) atoms. The zero-order valence-corrected chi connectivity index (χ0v) is 8.08. The maximum atomic E-state index is 9.87. The van der Waals surface area contributed by atoms with Crippen molar-refractivity contribution < 1.29 is 42.3 Å². The summed E-state index contributed by atoms with van der Waals surface area (Å²) in [5.74, 6) is 0. The molecule has 0 aromatic rings. The van der Waals surface area contributed by atoms with Crippen LogP contribution in [-0.2, 0) is 17.1 Å². The van der Waals surface area contributed by atoms with Crippen LogP contribution in [0.5, 0.6) is 0 Å². The number of rotatable bonds is 0. The molecule has 0 bridgehead atoms. The Balaban J connectivity index is 0. The molecule has 82 valence electrons. The van der Waals surface area contributed by atoms with Crippen molar-refractivity contribution in [1.29, 1.82) is 0 Å². The van der Waals surface area contributed by atoms with Crippen LogP contribution < -0.4 is 0 Å². The van der Waals surface area contributed by atoms with Gasteiger partial charge in [0.25, 0.3) is 0 Å². The average molecular weight is 267 g/mol. The van der Waals surface area contributed by atoms with Gasteiger partial charge in [0.2, 0.25) is 0 Å². The van der Waals surface area contributed by atoms with Gasteiger partial charge in [-0.1, -0.05) is 24.3 Å². The van der Waals surface area contributed by atoms with E-state index in [0.717, 1.165) is 6.42 Å². The minimum Gasteiger partial charge on any atom is 0 e. The first-order valence-electron chi connectivity index (χ1n) is 2.83. The second-order valence-electron chi connectivity index (χ2n) is 2.05. The van der Waals surface area contributed by atoms with Gasteiger partial charge in [-0.25, -0.2) is 0 Å².